The normalized spacial score (nSPS) is 15.6. The maximum Gasteiger partial charge on any atom is 0.209 e. The fraction of sp³-hybridized carbons (Fsp3) is 0.273. The summed E-state index contributed by atoms with van der Waals surface area (Å²) in [5, 5.41) is 4.38. The van der Waals surface area contributed by atoms with Crippen LogP contribution in [0.5, 0.6) is 0 Å². The summed E-state index contributed by atoms with van der Waals surface area (Å²) in [5.41, 5.74) is 2.56. The van der Waals surface area contributed by atoms with Crippen LogP contribution >= 0.6 is 11.5 Å². The van der Waals surface area contributed by atoms with Crippen molar-refractivity contribution in [2.45, 2.75) is 6.54 Å². The maximum atomic E-state index is 4.29. The second kappa shape index (κ2) is 4.19. The molecular formula is C11H12N4S. The Hall–Kier alpha value is -1.46. The molecule has 16 heavy (non-hydrogen) atoms. The highest BCUT2D eigenvalue weighted by molar-refractivity contribution is 7.09. The Balaban J connectivity index is 2.06. The Morgan fingerprint density at radius 3 is 3.12 bits per heavy atom. The first-order valence-corrected chi connectivity index (χ1v) is 6.05. The summed E-state index contributed by atoms with van der Waals surface area (Å²) in [6.45, 7) is 2.83. The summed E-state index contributed by atoms with van der Waals surface area (Å²) >= 11 is 1.44. The molecule has 0 unspecified atom stereocenters. The van der Waals surface area contributed by atoms with E-state index >= 15 is 0 Å². The zero-order chi connectivity index (χ0) is 10.8. The lowest BCUT2D eigenvalue weighted by Crippen LogP contribution is -2.24. The van der Waals surface area contributed by atoms with Crippen LogP contribution in [-0.2, 0) is 6.54 Å². The molecule has 0 spiro atoms. The van der Waals surface area contributed by atoms with Crippen molar-refractivity contribution in [1.29, 1.82) is 0 Å². The van der Waals surface area contributed by atoms with Crippen molar-refractivity contribution in [1.82, 2.24) is 14.7 Å². The van der Waals surface area contributed by atoms with E-state index in [2.05, 4.69) is 43.8 Å². The molecule has 1 aromatic carbocycles. The summed E-state index contributed by atoms with van der Waals surface area (Å²) < 4.78 is 4.07. The molecule has 5 heteroatoms. The van der Waals surface area contributed by atoms with Crippen molar-refractivity contribution in [2.24, 2.45) is 0 Å². The number of hydrogen-bond acceptors (Lipinski definition) is 5. The molecule has 1 aromatic heterocycles. The molecule has 1 aliphatic heterocycles. The van der Waals surface area contributed by atoms with Crippen LogP contribution in [0.25, 0.3) is 0 Å². The van der Waals surface area contributed by atoms with E-state index in [0.29, 0.717) is 0 Å². The fourth-order valence-electron chi connectivity index (χ4n) is 1.94. The van der Waals surface area contributed by atoms with Crippen molar-refractivity contribution < 1.29 is 0 Å². The van der Waals surface area contributed by atoms with Crippen LogP contribution in [0, 0.1) is 0 Å². The summed E-state index contributed by atoms with van der Waals surface area (Å²) in [7, 11) is 0. The van der Waals surface area contributed by atoms with E-state index < -0.39 is 0 Å². The van der Waals surface area contributed by atoms with Gasteiger partial charge in [0.25, 0.3) is 0 Å². The Morgan fingerprint density at radius 1 is 1.31 bits per heavy atom. The number of aromatic nitrogens is 2. The minimum Gasteiger partial charge on any atom is -0.315 e. The van der Waals surface area contributed by atoms with Crippen molar-refractivity contribution >= 4 is 22.4 Å². The molecule has 0 amide bonds. The van der Waals surface area contributed by atoms with Crippen LogP contribution in [0.4, 0.5) is 10.8 Å². The van der Waals surface area contributed by atoms with Gasteiger partial charge in [0.15, 0.2) is 0 Å². The SMILES string of the molecule is c1ccc2c(c1)CNCCN2c1ncns1. The molecule has 0 saturated carbocycles. The number of fused-ring (bicyclic) bond motifs is 1. The highest BCUT2D eigenvalue weighted by Gasteiger charge is 2.17. The molecular weight excluding hydrogens is 220 g/mol. The highest BCUT2D eigenvalue weighted by Crippen LogP contribution is 2.29. The number of anilines is 2. The third-order valence-electron chi connectivity index (χ3n) is 2.69. The van der Waals surface area contributed by atoms with Gasteiger partial charge < -0.3 is 10.2 Å². The molecule has 0 saturated heterocycles. The fourth-order valence-corrected chi connectivity index (χ4v) is 2.51. The largest absolute Gasteiger partial charge is 0.315 e. The van der Waals surface area contributed by atoms with Gasteiger partial charge in [0.1, 0.15) is 6.33 Å². The minimum absolute atomic E-state index is 0.922. The zero-order valence-electron chi connectivity index (χ0n) is 8.76. The molecule has 0 atom stereocenters. The van der Waals surface area contributed by atoms with E-state index in [9.17, 15) is 0 Å². The van der Waals surface area contributed by atoms with Crippen LogP contribution < -0.4 is 10.2 Å². The van der Waals surface area contributed by atoms with Gasteiger partial charge in [-0.25, -0.2) is 4.98 Å². The lowest BCUT2D eigenvalue weighted by Gasteiger charge is -2.20. The van der Waals surface area contributed by atoms with Crippen molar-refractivity contribution in [2.75, 3.05) is 18.0 Å². The second-order valence-electron chi connectivity index (χ2n) is 3.68. The second-order valence-corrected chi connectivity index (χ2v) is 4.44. The summed E-state index contributed by atoms with van der Waals surface area (Å²) in [6.07, 6.45) is 1.61. The van der Waals surface area contributed by atoms with Crippen LogP contribution in [-0.4, -0.2) is 22.4 Å². The van der Waals surface area contributed by atoms with Gasteiger partial charge >= 0.3 is 0 Å². The molecule has 0 radical (unpaired) electrons. The lowest BCUT2D eigenvalue weighted by molar-refractivity contribution is 0.712. The lowest BCUT2D eigenvalue weighted by atomic mass is 10.1. The number of nitrogens with one attached hydrogen (secondary N) is 1. The number of benzene rings is 1. The first-order chi connectivity index (χ1) is 7.95. The third kappa shape index (κ3) is 1.68. The van der Waals surface area contributed by atoms with Crippen LogP contribution in [0.1, 0.15) is 5.56 Å². The van der Waals surface area contributed by atoms with Gasteiger partial charge in [-0.2, -0.15) is 4.37 Å². The molecule has 2 heterocycles. The molecule has 2 aromatic rings. The Morgan fingerprint density at radius 2 is 2.25 bits per heavy atom. The summed E-state index contributed by atoms with van der Waals surface area (Å²) in [6, 6.07) is 8.44. The van der Waals surface area contributed by atoms with E-state index in [1.54, 1.807) is 6.33 Å². The molecule has 4 nitrogen and oxygen atoms in total. The standard InChI is InChI=1S/C11H12N4S/c1-2-4-10-9(3-1)7-12-5-6-15(10)11-13-8-14-16-11/h1-4,8,12H,5-7H2. The van der Waals surface area contributed by atoms with Gasteiger partial charge in [-0.1, -0.05) is 18.2 Å². The van der Waals surface area contributed by atoms with Gasteiger partial charge in [-0.05, 0) is 11.6 Å². The smallest absolute Gasteiger partial charge is 0.209 e. The first-order valence-electron chi connectivity index (χ1n) is 5.28. The molecule has 0 fully saturated rings. The monoisotopic (exact) mass is 232 g/mol. The van der Waals surface area contributed by atoms with Crippen molar-refractivity contribution in [3.63, 3.8) is 0 Å². The van der Waals surface area contributed by atoms with Crippen LogP contribution in [0.2, 0.25) is 0 Å². The molecule has 3 rings (SSSR count). The van der Waals surface area contributed by atoms with Gasteiger partial charge in [-0.3, -0.25) is 0 Å². The number of para-hydroxylation sites is 1. The van der Waals surface area contributed by atoms with E-state index in [-0.39, 0.29) is 0 Å². The quantitative estimate of drug-likeness (QED) is 0.813. The summed E-state index contributed by atoms with van der Waals surface area (Å²) in [4.78, 5) is 6.52. The van der Waals surface area contributed by atoms with Gasteiger partial charge in [-0.15, -0.1) is 0 Å². The van der Waals surface area contributed by atoms with E-state index in [1.807, 2.05) is 0 Å². The van der Waals surface area contributed by atoms with E-state index in [4.69, 9.17) is 0 Å². The van der Waals surface area contributed by atoms with E-state index in [1.165, 1.54) is 22.8 Å². The van der Waals surface area contributed by atoms with Gasteiger partial charge in [0, 0.05) is 36.9 Å². The summed E-state index contributed by atoms with van der Waals surface area (Å²) in [5.74, 6) is 0. The Bertz CT molecular complexity index is 469. The third-order valence-corrected chi connectivity index (χ3v) is 3.38. The highest BCUT2D eigenvalue weighted by atomic mass is 32.1. The van der Waals surface area contributed by atoms with Gasteiger partial charge in [0.05, 0.1) is 0 Å². The number of nitrogens with zero attached hydrogens (tertiary/aromatic N) is 3. The predicted molar refractivity (Wildman–Crippen MR) is 65.1 cm³/mol. The minimum atomic E-state index is 0.922. The van der Waals surface area contributed by atoms with E-state index in [0.717, 1.165) is 24.8 Å². The Labute approximate surface area is 98.1 Å². The number of rotatable bonds is 1. The van der Waals surface area contributed by atoms with Gasteiger partial charge in [0.2, 0.25) is 5.13 Å². The zero-order valence-corrected chi connectivity index (χ0v) is 9.57. The average molecular weight is 232 g/mol. The maximum absolute atomic E-state index is 4.29. The number of hydrogen-bond donors (Lipinski definition) is 1. The molecule has 1 aliphatic rings. The predicted octanol–water partition coefficient (Wildman–Crippen LogP) is 1.78. The topological polar surface area (TPSA) is 41.0 Å². The first kappa shape index (κ1) is 9.74. The molecule has 82 valence electrons. The van der Waals surface area contributed by atoms with Crippen LogP contribution in [0.15, 0.2) is 30.6 Å². The molecule has 1 N–H and O–H groups in total. The Kier molecular flexibility index (Phi) is 2.55. The average Bonchev–Trinajstić information content (AvgIpc) is 2.76. The van der Waals surface area contributed by atoms with Crippen molar-refractivity contribution in [3.8, 4) is 0 Å². The molecule has 0 aliphatic carbocycles. The van der Waals surface area contributed by atoms with Crippen molar-refractivity contribution in [3.05, 3.63) is 36.2 Å². The van der Waals surface area contributed by atoms with Crippen LogP contribution in [0.3, 0.4) is 0 Å². The molecule has 0 bridgehead atoms.